The molecule has 1 N–H and O–H groups in total. The second kappa shape index (κ2) is 4.98. The van der Waals surface area contributed by atoms with Gasteiger partial charge < -0.3 is 5.11 Å². The molecule has 0 radical (unpaired) electrons. The molecule has 1 aromatic heterocycles. The highest BCUT2D eigenvalue weighted by Gasteiger charge is 2.29. The zero-order chi connectivity index (χ0) is 10.8. The van der Waals surface area contributed by atoms with Crippen LogP contribution in [-0.4, -0.2) is 11.2 Å². The first-order chi connectivity index (χ1) is 7.16. The molecule has 1 saturated carbocycles. The lowest BCUT2D eigenvalue weighted by molar-refractivity contribution is 0.0909. The van der Waals surface area contributed by atoms with Crippen molar-refractivity contribution >= 4 is 27.3 Å². The molecule has 2 rings (SSSR count). The number of aliphatic hydroxyl groups excluding tert-OH is 1. The topological polar surface area (TPSA) is 20.2 Å². The van der Waals surface area contributed by atoms with Crippen LogP contribution in [0.25, 0.3) is 0 Å². The van der Waals surface area contributed by atoms with E-state index in [1.165, 1.54) is 24.1 Å². The van der Waals surface area contributed by atoms with Crippen LogP contribution in [0.15, 0.2) is 15.9 Å². The minimum atomic E-state index is -0.145. The molecule has 0 aromatic carbocycles. The van der Waals surface area contributed by atoms with E-state index in [0.717, 1.165) is 10.9 Å². The van der Waals surface area contributed by atoms with Gasteiger partial charge in [-0.1, -0.05) is 19.8 Å². The highest BCUT2D eigenvalue weighted by Crippen LogP contribution is 2.35. The largest absolute Gasteiger partial charge is 0.392 e. The van der Waals surface area contributed by atoms with Crippen LogP contribution < -0.4 is 0 Å². The quantitative estimate of drug-likeness (QED) is 0.896. The normalized spacial score (nSPS) is 28.2. The van der Waals surface area contributed by atoms with Crippen molar-refractivity contribution in [2.24, 2.45) is 11.8 Å². The molecule has 84 valence electrons. The molecule has 3 atom stereocenters. The van der Waals surface area contributed by atoms with E-state index in [-0.39, 0.29) is 6.10 Å². The van der Waals surface area contributed by atoms with Gasteiger partial charge in [0.25, 0.3) is 0 Å². The third-order valence-electron chi connectivity index (χ3n) is 3.45. The second-order valence-corrected chi connectivity index (χ2v) is 6.49. The Bertz CT molecular complexity index is 323. The maximum Gasteiger partial charge on any atom is 0.0619 e. The van der Waals surface area contributed by atoms with Gasteiger partial charge in [-0.3, -0.25) is 0 Å². The fraction of sp³-hybridized carbons (Fsp3) is 0.667. The van der Waals surface area contributed by atoms with E-state index in [0.29, 0.717) is 11.8 Å². The van der Waals surface area contributed by atoms with E-state index in [1.807, 2.05) is 0 Å². The zero-order valence-electron chi connectivity index (χ0n) is 8.95. The van der Waals surface area contributed by atoms with Crippen LogP contribution in [0.1, 0.15) is 31.1 Å². The number of aliphatic hydroxyl groups is 1. The van der Waals surface area contributed by atoms with Crippen LogP contribution in [0.4, 0.5) is 0 Å². The van der Waals surface area contributed by atoms with Crippen molar-refractivity contribution in [2.45, 2.75) is 38.7 Å². The summed E-state index contributed by atoms with van der Waals surface area (Å²) in [5.41, 5.74) is 0. The molecule has 3 heteroatoms. The summed E-state index contributed by atoms with van der Waals surface area (Å²) >= 11 is 5.18. The molecule has 1 aliphatic carbocycles. The Morgan fingerprint density at radius 2 is 2.40 bits per heavy atom. The maximum atomic E-state index is 10.2. The second-order valence-electron chi connectivity index (χ2n) is 4.57. The summed E-state index contributed by atoms with van der Waals surface area (Å²) in [5.74, 6) is 1.22. The van der Waals surface area contributed by atoms with E-state index < -0.39 is 0 Å². The predicted molar refractivity (Wildman–Crippen MR) is 68.2 cm³/mol. The Labute approximate surface area is 104 Å². The minimum absolute atomic E-state index is 0.145. The van der Waals surface area contributed by atoms with Crippen molar-refractivity contribution in [2.75, 3.05) is 0 Å². The zero-order valence-corrected chi connectivity index (χ0v) is 11.4. The van der Waals surface area contributed by atoms with Crippen LogP contribution in [0.3, 0.4) is 0 Å². The molecule has 0 spiro atoms. The molecule has 0 aliphatic heterocycles. The Morgan fingerprint density at radius 3 is 2.93 bits per heavy atom. The highest BCUT2D eigenvalue weighted by atomic mass is 79.9. The Balaban J connectivity index is 1.94. The monoisotopic (exact) mass is 288 g/mol. The summed E-state index contributed by atoms with van der Waals surface area (Å²) in [4.78, 5) is 1.29. The average Bonchev–Trinajstić information content (AvgIpc) is 2.75. The molecular weight excluding hydrogens is 272 g/mol. The number of halogens is 1. The lowest BCUT2D eigenvalue weighted by Crippen LogP contribution is -2.24. The van der Waals surface area contributed by atoms with Gasteiger partial charge in [-0.25, -0.2) is 0 Å². The van der Waals surface area contributed by atoms with Crippen LogP contribution in [0.5, 0.6) is 0 Å². The summed E-state index contributed by atoms with van der Waals surface area (Å²) in [6.45, 7) is 2.27. The first kappa shape index (κ1) is 11.6. The van der Waals surface area contributed by atoms with E-state index in [1.54, 1.807) is 11.3 Å². The van der Waals surface area contributed by atoms with Gasteiger partial charge in [0, 0.05) is 21.2 Å². The molecule has 1 fully saturated rings. The lowest BCUT2D eigenvalue weighted by atomic mass is 9.90. The lowest BCUT2D eigenvalue weighted by Gasteiger charge is -2.21. The minimum Gasteiger partial charge on any atom is -0.392 e. The molecule has 1 aromatic rings. The standard InChI is InChI=1S/C12H17BrOS/c1-8-3-2-4-11(8)12(14)6-10-5-9(13)7-15-10/h5,7-8,11-12,14H,2-4,6H2,1H3. The van der Waals surface area contributed by atoms with E-state index >= 15 is 0 Å². The van der Waals surface area contributed by atoms with Gasteiger partial charge in [0.15, 0.2) is 0 Å². The first-order valence-electron chi connectivity index (χ1n) is 5.58. The van der Waals surface area contributed by atoms with E-state index in [4.69, 9.17) is 0 Å². The molecule has 0 bridgehead atoms. The van der Waals surface area contributed by atoms with Gasteiger partial charge in [0.2, 0.25) is 0 Å². The predicted octanol–water partition coefficient (Wildman–Crippen LogP) is 3.85. The Hall–Kier alpha value is 0.140. The Kier molecular flexibility index (Phi) is 3.86. The summed E-state index contributed by atoms with van der Waals surface area (Å²) in [6.07, 6.45) is 4.46. The van der Waals surface area contributed by atoms with Crippen LogP contribution in [0.2, 0.25) is 0 Å². The average molecular weight is 289 g/mol. The van der Waals surface area contributed by atoms with E-state index in [9.17, 15) is 5.11 Å². The van der Waals surface area contributed by atoms with Gasteiger partial charge in [-0.2, -0.15) is 0 Å². The van der Waals surface area contributed by atoms with Crippen molar-refractivity contribution in [3.8, 4) is 0 Å². The van der Waals surface area contributed by atoms with Gasteiger partial charge in [0.05, 0.1) is 6.10 Å². The number of thiophene rings is 1. The van der Waals surface area contributed by atoms with Gasteiger partial charge in [-0.05, 0) is 40.3 Å². The summed E-state index contributed by atoms with van der Waals surface area (Å²) < 4.78 is 1.13. The molecule has 1 heterocycles. The SMILES string of the molecule is CC1CCCC1C(O)Cc1cc(Br)cs1. The van der Waals surface area contributed by atoms with Crippen molar-refractivity contribution in [3.63, 3.8) is 0 Å². The van der Waals surface area contributed by atoms with Crippen LogP contribution >= 0.6 is 27.3 Å². The Morgan fingerprint density at radius 1 is 1.60 bits per heavy atom. The fourth-order valence-corrected chi connectivity index (χ4v) is 4.07. The first-order valence-corrected chi connectivity index (χ1v) is 7.25. The molecular formula is C12H17BrOS. The van der Waals surface area contributed by atoms with Crippen LogP contribution in [0, 0.1) is 11.8 Å². The summed E-state index contributed by atoms with van der Waals surface area (Å²) in [5, 5.41) is 12.3. The summed E-state index contributed by atoms with van der Waals surface area (Å²) in [7, 11) is 0. The molecule has 0 saturated heterocycles. The fourth-order valence-electron chi connectivity index (χ4n) is 2.56. The van der Waals surface area contributed by atoms with Crippen molar-refractivity contribution in [1.82, 2.24) is 0 Å². The van der Waals surface area contributed by atoms with Crippen LogP contribution in [-0.2, 0) is 6.42 Å². The van der Waals surface area contributed by atoms with Crippen molar-refractivity contribution < 1.29 is 5.11 Å². The number of rotatable bonds is 3. The molecule has 3 unspecified atom stereocenters. The van der Waals surface area contributed by atoms with Gasteiger partial charge in [-0.15, -0.1) is 11.3 Å². The molecule has 15 heavy (non-hydrogen) atoms. The van der Waals surface area contributed by atoms with Gasteiger partial charge >= 0.3 is 0 Å². The van der Waals surface area contributed by atoms with E-state index in [2.05, 4.69) is 34.3 Å². The summed E-state index contributed by atoms with van der Waals surface area (Å²) in [6, 6.07) is 2.12. The smallest absolute Gasteiger partial charge is 0.0619 e. The third kappa shape index (κ3) is 2.83. The van der Waals surface area contributed by atoms with Crippen molar-refractivity contribution in [3.05, 3.63) is 20.8 Å². The van der Waals surface area contributed by atoms with Gasteiger partial charge in [0.1, 0.15) is 0 Å². The van der Waals surface area contributed by atoms with Crippen molar-refractivity contribution in [1.29, 1.82) is 0 Å². The molecule has 1 nitrogen and oxygen atoms in total. The highest BCUT2D eigenvalue weighted by molar-refractivity contribution is 9.10. The molecule has 0 amide bonds. The maximum absolute atomic E-state index is 10.2. The number of hydrogen-bond donors (Lipinski definition) is 1. The third-order valence-corrected chi connectivity index (χ3v) is 5.17. The molecule has 1 aliphatic rings. The number of hydrogen-bond acceptors (Lipinski definition) is 2.